The van der Waals surface area contributed by atoms with Gasteiger partial charge < -0.3 is 9.52 Å². The number of rotatable bonds is 6. The normalized spacial score (nSPS) is 12.3. The maximum absolute atomic E-state index is 13.3. The highest BCUT2D eigenvalue weighted by Crippen LogP contribution is 2.22. The Morgan fingerprint density at radius 2 is 1.76 bits per heavy atom. The Kier molecular flexibility index (Phi) is 5.16. The van der Waals surface area contributed by atoms with Crippen molar-refractivity contribution in [2.75, 3.05) is 6.61 Å². The van der Waals surface area contributed by atoms with Crippen LogP contribution in [0.2, 0.25) is 0 Å². The number of aliphatic hydroxyl groups is 1. The number of halogens is 3. The molecule has 25 heavy (non-hydrogen) atoms. The molecule has 0 aliphatic heterocycles. The van der Waals surface area contributed by atoms with Gasteiger partial charge in [0.2, 0.25) is 5.89 Å². The van der Waals surface area contributed by atoms with Crippen LogP contribution in [0.25, 0.3) is 11.3 Å². The van der Waals surface area contributed by atoms with E-state index in [1.54, 1.807) is 6.20 Å². The third kappa shape index (κ3) is 3.89. The number of aliphatic hydroxyl groups excluding tert-OH is 1. The Balaban J connectivity index is 1.71. The summed E-state index contributed by atoms with van der Waals surface area (Å²) >= 11 is 0. The van der Waals surface area contributed by atoms with Gasteiger partial charge in [0, 0.05) is 5.56 Å². The first-order chi connectivity index (χ1) is 12.1. The molecule has 0 amide bonds. The molecule has 0 saturated carbocycles. The molecule has 0 spiro atoms. The van der Waals surface area contributed by atoms with Gasteiger partial charge in [-0.15, -0.1) is 0 Å². The minimum absolute atomic E-state index is 0.0914. The van der Waals surface area contributed by atoms with Crippen molar-refractivity contribution in [3.63, 3.8) is 0 Å². The Labute approximate surface area is 141 Å². The van der Waals surface area contributed by atoms with Crippen LogP contribution in [-0.4, -0.2) is 16.7 Å². The number of oxazole rings is 1. The lowest BCUT2D eigenvalue weighted by Gasteiger charge is -2.16. The Bertz CT molecular complexity index is 830. The van der Waals surface area contributed by atoms with E-state index in [2.05, 4.69) is 10.3 Å². The van der Waals surface area contributed by atoms with E-state index in [9.17, 15) is 18.3 Å². The lowest BCUT2D eigenvalue weighted by Crippen LogP contribution is -2.24. The molecule has 1 atom stereocenters. The number of nitrogens with one attached hydrogen (secondary N) is 1. The maximum atomic E-state index is 13.3. The van der Waals surface area contributed by atoms with Crippen LogP contribution >= 0.6 is 0 Å². The zero-order valence-corrected chi connectivity index (χ0v) is 13.0. The van der Waals surface area contributed by atoms with Gasteiger partial charge in [0.05, 0.1) is 25.4 Å². The lowest BCUT2D eigenvalue weighted by molar-refractivity contribution is 0.239. The first-order valence-corrected chi connectivity index (χ1v) is 7.57. The lowest BCUT2D eigenvalue weighted by atomic mass is 10.1. The predicted octanol–water partition coefficient (Wildman–Crippen LogP) is 3.58. The van der Waals surface area contributed by atoms with Crippen molar-refractivity contribution in [1.82, 2.24) is 10.3 Å². The van der Waals surface area contributed by atoms with Gasteiger partial charge in [-0.2, -0.15) is 0 Å². The van der Waals surface area contributed by atoms with Gasteiger partial charge in [0.15, 0.2) is 23.2 Å². The highest BCUT2D eigenvalue weighted by molar-refractivity contribution is 5.55. The molecule has 2 N–H and O–H groups in total. The average Bonchev–Trinajstić information content (AvgIpc) is 3.10. The zero-order valence-electron chi connectivity index (χ0n) is 13.0. The van der Waals surface area contributed by atoms with E-state index in [0.29, 0.717) is 11.7 Å². The summed E-state index contributed by atoms with van der Waals surface area (Å²) in [5, 5.41) is 12.3. The molecule has 2 aromatic carbocycles. The van der Waals surface area contributed by atoms with Crippen molar-refractivity contribution in [1.29, 1.82) is 0 Å². The van der Waals surface area contributed by atoms with Crippen LogP contribution in [0.3, 0.4) is 0 Å². The van der Waals surface area contributed by atoms with Crippen molar-refractivity contribution in [2.45, 2.75) is 12.6 Å². The molecule has 0 unspecified atom stereocenters. The predicted molar refractivity (Wildman–Crippen MR) is 84.9 cm³/mol. The molecule has 1 aromatic heterocycles. The summed E-state index contributed by atoms with van der Waals surface area (Å²) in [4.78, 5) is 4.12. The van der Waals surface area contributed by atoms with E-state index < -0.39 is 30.1 Å². The first kappa shape index (κ1) is 17.2. The summed E-state index contributed by atoms with van der Waals surface area (Å²) in [6.07, 6.45) is 1.57. The van der Waals surface area contributed by atoms with E-state index in [-0.39, 0.29) is 12.1 Å². The summed E-state index contributed by atoms with van der Waals surface area (Å²) in [6, 6.07) is 10.3. The molecule has 0 aliphatic rings. The SMILES string of the molecule is OC[C@H](NCc1ncc(-c2ccccc2)o1)c1cc(F)c(F)c(F)c1. The van der Waals surface area contributed by atoms with E-state index in [4.69, 9.17) is 4.42 Å². The van der Waals surface area contributed by atoms with Crippen molar-refractivity contribution in [3.05, 3.63) is 77.6 Å². The molecule has 130 valence electrons. The minimum Gasteiger partial charge on any atom is -0.439 e. The monoisotopic (exact) mass is 348 g/mol. The van der Waals surface area contributed by atoms with Crippen LogP contribution in [0.4, 0.5) is 13.2 Å². The minimum atomic E-state index is -1.54. The van der Waals surface area contributed by atoms with E-state index in [0.717, 1.165) is 17.7 Å². The smallest absolute Gasteiger partial charge is 0.208 e. The molecule has 7 heteroatoms. The molecule has 4 nitrogen and oxygen atoms in total. The van der Waals surface area contributed by atoms with Gasteiger partial charge in [0.25, 0.3) is 0 Å². The molecule has 0 radical (unpaired) electrons. The summed E-state index contributed by atoms with van der Waals surface area (Å²) < 4.78 is 45.3. The maximum Gasteiger partial charge on any atom is 0.208 e. The van der Waals surface area contributed by atoms with Crippen LogP contribution in [0, 0.1) is 17.5 Å². The fraction of sp³-hybridized carbons (Fsp3) is 0.167. The summed E-state index contributed by atoms with van der Waals surface area (Å²) in [7, 11) is 0. The van der Waals surface area contributed by atoms with E-state index >= 15 is 0 Å². The van der Waals surface area contributed by atoms with Crippen LogP contribution in [0.15, 0.2) is 53.1 Å². The zero-order chi connectivity index (χ0) is 17.8. The van der Waals surface area contributed by atoms with Gasteiger partial charge in [-0.25, -0.2) is 18.2 Å². The molecule has 0 aliphatic carbocycles. The number of aromatic nitrogens is 1. The summed E-state index contributed by atoms with van der Waals surface area (Å²) in [5.41, 5.74) is 0.955. The second-order valence-electron chi connectivity index (χ2n) is 5.40. The third-order valence-electron chi connectivity index (χ3n) is 3.70. The largest absolute Gasteiger partial charge is 0.439 e. The molecule has 3 rings (SSSR count). The topological polar surface area (TPSA) is 58.3 Å². The van der Waals surface area contributed by atoms with E-state index in [1.807, 2.05) is 30.3 Å². The Hall–Kier alpha value is -2.64. The summed E-state index contributed by atoms with van der Waals surface area (Å²) in [6.45, 7) is -0.310. The van der Waals surface area contributed by atoms with Gasteiger partial charge in [-0.3, -0.25) is 5.32 Å². The first-order valence-electron chi connectivity index (χ1n) is 7.57. The van der Waals surface area contributed by atoms with Crippen LogP contribution < -0.4 is 5.32 Å². The fourth-order valence-corrected chi connectivity index (χ4v) is 2.40. The molecule has 0 bridgehead atoms. The van der Waals surface area contributed by atoms with E-state index in [1.165, 1.54) is 0 Å². The molecule has 1 heterocycles. The second kappa shape index (κ2) is 7.50. The van der Waals surface area contributed by atoms with Gasteiger partial charge >= 0.3 is 0 Å². The molecule has 3 aromatic rings. The molecular weight excluding hydrogens is 333 g/mol. The Morgan fingerprint density at radius 1 is 1.08 bits per heavy atom. The van der Waals surface area contributed by atoms with Crippen LogP contribution in [0.1, 0.15) is 17.5 Å². The quantitative estimate of drug-likeness (QED) is 0.669. The van der Waals surface area contributed by atoms with Gasteiger partial charge in [-0.1, -0.05) is 30.3 Å². The van der Waals surface area contributed by atoms with Crippen molar-refractivity contribution < 1.29 is 22.7 Å². The van der Waals surface area contributed by atoms with Crippen molar-refractivity contribution >= 4 is 0 Å². The molecule has 0 fully saturated rings. The standard InChI is InChI=1S/C18H15F3N2O2/c19-13-6-12(7-14(20)18(13)21)15(10-24)22-9-17-23-8-16(25-17)11-4-2-1-3-5-11/h1-8,15,22,24H,9-10H2/t15-/m0/s1. The number of benzene rings is 2. The molecular formula is C18H15F3N2O2. The fourth-order valence-electron chi connectivity index (χ4n) is 2.40. The van der Waals surface area contributed by atoms with Gasteiger partial charge in [0.1, 0.15) is 0 Å². The van der Waals surface area contributed by atoms with Gasteiger partial charge in [-0.05, 0) is 17.7 Å². The number of hydrogen-bond donors (Lipinski definition) is 2. The third-order valence-corrected chi connectivity index (χ3v) is 3.70. The number of hydrogen-bond acceptors (Lipinski definition) is 4. The van der Waals surface area contributed by atoms with Crippen LogP contribution in [0.5, 0.6) is 0 Å². The second-order valence-corrected chi connectivity index (χ2v) is 5.40. The van der Waals surface area contributed by atoms with Crippen LogP contribution in [-0.2, 0) is 6.54 Å². The average molecular weight is 348 g/mol. The Morgan fingerprint density at radius 3 is 2.40 bits per heavy atom. The van der Waals surface area contributed by atoms with Crippen molar-refractivity contribution in [3.8, 4) is 11.3 Å². The van der Waals surface area contributed by atoms with Crippen molar-refractivity contribution in [2.24, 2.45) is 0 Å². The molecule has 0 saturated heterocycles. The highest BCUT2D eigenvalue weighted by Gasteiger charge is 2.17. The number of nitrogens with zero attached hydrogens (tertiary/aromatic N) is 1. The highest BCUT2D eigenvalue weighted by atomic mass is 19.2. The summed E-state index contributed by atoms with van der Waals surface area (Å²) in [5.74, 6) is -3.23.